The Morgan fingerprint density at radius 3 is 2.50 bits per heavy atom. The summed E-state index contributed by atoms with van der Waals surface area (Å²) in [5, 5.41) is 0. The van der Waals surface area contributed by atoms with Gasteiger partial charge >= 0.3 is 0 Å². The summed E-state index contributed by atoms with van der Waals surface area (Å²) in [6.07, 6.45) is 4.34. The molecule has 0 atom stereocenters. The Hall–Kier alpha value is -1.59. The van der Waals surface area contributed by atoms with Gasteiger partial charge in [0.2, 0.25) is 0 Å². The second-order valence-electron chi connectivity index (χ2n) is 6.76. The summed E-state index contributed by atoms with van der Waals surface area (Å²) in [5.74, 6) is 0.844. The Balaban J connectivity index is 1.55. The number of hydrogen-bond donors (Lipinski definition) is 0. The van der Waals surface area contributed by atoms with E-state index in [1.165, 1.54) is 0 Å². The van der Waals surface area contributed by atoms with E-state index < -0.39 is 0 Å². The third kappa shape index (κ3) is 3.90. The number of carbonyl (C=O) groups excluding carboxylic acids is 1. The molecule has 1 aromatic rings. The van der Waals surface area contributed by atoms with Gasteiger partial charge in [-0.15, -0.1) is 0 Å². The molecule has 0 saturated carbocycles. The molecule has 2 saturated heterocycles. The first-order valence-corrected chi connectivity index (χ1v) is 8.92. The lowest BCUT2D eigenvalue weighted by Crippen LogP contribution is -2.49. The number of rotatable bonds is 4. The highest BCUT2D eigenvalue weighted by atomic mass is 16.5. The van der Waals surface area contributed by atoms with Gasteiger partial charge in [0.15, 0.2) is 0 Å². The molecule has 1 amide bonds. The molecule has 3 rings (SSSR count). The van der Waals surface area contributed by atoms with Gasteiger partial charge in [0.25, 0.3) is 5.91 Å². The van der Waals surface area contributed by atoms with Crippen LogP contribution in [0.5, 0.6) is 5.75 Å². The lowest BCUT2D eigenvalue weighted by atomic mass is 9.98. The Labute approximate surface area is 144 Å². The summed E-state index contributed by atoms with van der Waals surface area (Å²) in [7, 11) is 3.86. The predicted octanol–water partition coefficient (Wildman–Crippen LogP) is 2.41. The largest absolute Gasteiger partial charge is 0.497 e. The van der Waals surface area contributed by atoms with Crippen molar-refractivity contribution in [1.29, 1.82) is 0 Å². The van der Waals surface area contributed by atoms with Gasteiger partial charge in [0, 0.05) is 44.0 Å². The van der Waals surface area contributed by atoms with Crippen LogP contribution in [0.4, 0.5) is 0 Å². The molecule has 0 unspecified atom stereocenters. The summed E-state index contributed by atoms with van der Waals surface area (Å²) in [4.78, 5) is 17.2. The van der Waals surface area contributed by atoms with Gasteiger partial charge in [-0.05, 0) is 50.9 Å². The van der Waals surface area contributed by atoms with Gasteiger partial charge in [-0.25, -0.2) is 0 Å². The van der Waals surface area contributed by atoms with Crippen molar-refractivity contribution < 1.29 is 14.3 Å². The smallest absolute Gasteiger partial charge is 0.253 e. The minimum absolute atomic E-state index is 0.112. The summed E-state index contributed by atoms with van der Waals surface area (Å²) >= 11 is 0. The first-order valence-electron chi connectivity index (χ1n) is 8.92. The molecule has 24 heavy (non-hydrogen) atoms. The zero-order chi connectivity index (χ0) is 16.9. The highest BCUT2D eigenvalue weighted by Gasteiger charge is 2.29. The highest BCUT2D eigenvalue weighted by Crippen LogP contribution is 2.23. The second kappa shape index (κ2) is 7.99. The fraction of sp³-hybridized carbons (Fsp3) is 0.632. The van der Waals surface area contributed by atoms with E-state index >= 15 is 0 Å². The minimum atomic E-state index is 0.112. The Bertz CT molecular complexity index is 549. The van der Waals surface area contributed by atoms with Gasteiger partial charge in [-0.2, -0.15) is 0 Å². The Kier molecular flexibility index (Phi) is 5.74. The van der Waals surface area contributed by atoms with Crippen LogP contribution in [0.25, 0.3) is 0 Å². The maximum Gasteiger partial charge on any atom is 0.253 e. The predicted molar refractivity (Wildman–Crippen MR) is 93.5 cm³/mol. The molecule has 0 aromatic heterocycles. The molecular weight excluding hydrogens is 304 g/mol. The molecule has 2 fully saturated rings. The van der Waals surface area contributed by atoms with Crippen molar-refractivity contribution in [3.8, 4) is 5.75 Å². The van der Waals surface area contributed by atoms with E-state index in [0.29, 0.717) is 17.6 Å². The van der Waals surface area contributed by atoms with E-state index in [1.807, 2.05) is 29.2 Å². The molecule has 1 aromatic carbocycles. The summed E-state index contributed by atoms with van der Waals surface area (Å²) in [6, 6.07) is 8.63. The molecule has 5 heteroatoms. The molecule has 0 radical (unpaired) electrons. The molecule has 0 spiro atoms. The molecule has 2 aliphatic heterocycles. The zero-order valence-corrected chi connectivity index (χ0v) is 14.7. The third-order valence-corrected chi connectivity index (χ3v) is 5.41. The maximum atomic E-state index is 12.7. The van der Waals surface area contributed by atoms with Gasteiger partial charge in [-0.3, -0.25) is 4.79 Å². The van der Waals surface area contributed by atoms with Crippen LogP contribution in [0, 0.1) is 0 Å². The number of benzene rings is 1. The first kappa shape index (κ1) is 17.2. The molecule has 132 valence electrons. The SMILES string of the molecule is COc1cccc(C(=O)N2CCC(N(C)C3CCOCC3)CC2)c1. The minimum Gasteiger partial charge on any atom is -0.497 e. The van der Waals surface area contributed by atoms with Crippen LogP contribution in [-0.2, 0) is 4.74 Å². The molecule has 5 nitrogen and oxygen atoms in total. The number of likely N-dealkylation sites (tertiary alicyclic amines) is 1. The van der Waals surface area contributed by atoms with Crippen molar-refractivity contribution in [3.63, 3.8) is 0 Å². The number of hydrogen-bond acceptors (Lipinski definition) is 4. The van der Waals surface area contributed by atoms with E-state index in [4.69, 9.17) is 9.47 Å². The number of ether oxygens (including phenoxy) is 2. The van der Waals surface area contributed by atoms with Gasteiger partial charge < -0.3 is 19.3 Å². The topological polar surface area (TPSA) is 42.0 Å². The van der Waals surface area contributed by atoms with Gasteiger partial charge in [0.05, 0.1) is 7.11 Å². The normalized spacial score (nSPS) is 20.4. The summed E-state index contributed by atoms with van der Waals surface area (Å²) < 4.78 is 10.7. The van der Waals surface area contributed by atoms with Crippen molar-refractivity contribution in [2.75, 3.05) is 40.5 Å². The van der Waals surface area contributed by atoms with Crippen LogP contribution in [-0.4, -0.2) is 68.3 Å². The van der Waals surface area contributed by atoms with Crippen LogP contribution in [0.1, 0.15) is 36.0 Å². The fourth-order valence-electron chi connectivity index (χ4n) is 3.81. The molecule has 2 heterocycles. The molecule has 0 bridgehead atoms. The molecule has 2 aliphatic rings. The van der Waals surface area contributed by atoms with Crippen LogP contribution < -0.4 is 4.74 Å². The molecule has 0 aliphatic carbocycles. The Morgan fingerprint density at radius 2 is 1.83 bits per heavy atom. The standard InChI is InChI=1S/C19H28N2O3/c1-20(17-8-12-24-13-9-17)16-6-10-21(11-7-16)19(22)15-4-3-5-18(14-15)23-2/h3-5,14,16-17H,6-13H2,1-2H3. The van der Waals surface area contributed by atoms with Gasteiger partial charge in [-0.1, -0.05) is 6.07 Å². The van der Waals surface area contributed by atoms with E-state index in [-0.39, 0.29) is 5.91 Å². The maximum absolute atomic E-state index is 12.7. The molecule has 0 N–H and O–H groups in total. The quantitative estimate of drug-likeness (QED) is 0.849. The fourth-order valence-corrected chi connectivity index (χ4v) is 3.81. The van der Waals surface area contributed by atoms with E-state index in [1.54, 1.807) is 7.11 Å². The third-order valence-electron chi connectivity index (χ3n) is 5.41. The lowest BCUT2D eigenvalue weighted by Gasteiger charge is -2.41. The van der Waals surface area contributed by atoms with Crippen molar-refractivity contribution in [2.24, 2.45) is 0 Å². The zero-order valence-electron chi connectivity index (χ0n) is 14.7. The molecular formula is C19H28N2O3. The average Bonchev–Trinajstić information content (AvgIpc) is 2.67. The summed E-state index contributed by atoms with van der Waals surface area (Å²) in [6.45, 7) is 3.41. The second-order valence-corrected chi connectivity index (χ2v) is 6.76. The van der Waals surface area contributed by atoms with Crippen molar-refractivity contribution >= 4 is 5.91 Å². The monoisotopic (exact) mass is 332 g/mol. The average molecular weight is 332 g/mol. The van der Waals surface area contributed by atoms with E-state index in [2.05, 4.69) is 11.9 Å². The van der Waals surface area contributed by atoms with Crippen molar-refractivity contribution in [3.05, 3.63) is 29.8 Å². The van der Waals surface area contributed by atoms with Crippen LogP contribution in [0.15, 0.2) is 24.3 Å². The number of carbonyl (C=O) groups is 1. The van der Waals surface area contributed by atoms with Crippen molar-refractivity contribution in [2.45, 2.75) is 37.8 Å². The van der Waals surface area contributed by atoms with Crippen molar-refractivity contribution in [1.82, 2.24) is 9.80 Å². The van der Waals surface area contributed by atoms with Crippen LogP contribution in [0.2, 0.25) is 0 Å². The summed E-state index contributed by atoms with van der Waals surface area (Å²) in [5.41, 5.74) is 0.714. The van der Waals surface area contributed by atoms with Crippen LogP contribution >= 0.6 is 0 Å². The van der Waals surface area contributed by atoms with E-state index in [0.717, 1.165) is 57.7 Å². The number of nitrogens with zero attached hydrogens (tertiary/aromatic N) is 2. The van der Waals surface area contributed by atoms with Crippen LogP contribution in [0.3, 0.4) is 0 Å². The Morgan fingerprint density at radius 1 is 1.17 bits per heavy atom. The first-order chi connectivity index (χ1) is 11.7. The number of amides is 1. The van der Waals surface area contributed by atoms with Gasteiger partial charge in [0.1, 0.15) is 5.75 Å². The number of methoxy groups -OCH3 is 1. The van der Waals surface area contributed by atoms with E-state index in [9.17, 15) is 4.79 Å². The highest BCUT2D eigenvalue weighted by molar-refractivity contribution is 5.94. The number of piperidine rings is 1. The lowest BCUT2D eigenvalue weighted by molar-refractivity contribution is 0.0152.